The van der Waals surface area contributed by atoms with Gasteiger partial charge >= 0.3 is 0 Å². The number of rotatable bonds is 9. The van der Waals surface area contributed by atoms with Crippen LogP contribution in [0.2, 0.25) is 0 Å². The second-order valence-corrected chi connectivity index (χ2v) is 13.7. The number of carbonyl (C=O) groups is 1. The number of hydrogen-bond donors (Lipinski definition) is 2. The lowest BCUT2D eigenvalue weighted by Gasteiger charge is -2.29. The molecule has 0 radical (unpaired) electrons. The monoisotopic (exact) mass is 637 g/mol. The highest BCUT2D eigenvalue weighted by atomic mass is 32.2. The lowest BCUT2D eigenvalue weighted by molar-refractivity contribution is 0.103. The van der Waals surface area contributed by atoms with E-state index in [-0.39, 0.29) is 22.0 Å². The molecule has 1 aliphatic rings. The molecule has 0 unspecified atom stereocenters. The lowest BCUT2D eigenvalue weighted by atomic mass is 9.99. The van der Waals surface area contributed by atoms with Crippen LogP contribution >= 0.6 is 0 Å². The second kappa shape index (κ2) is 11.8. The fraction of sp³-hybridized carbons (Fsp3) is 0.265. The Morgan fingerprint density at radius 2 is 1.83 bits per heavy atom. The van der Waals surface area contributed by atoms with Gasteiger partial charge in [0.1, 0.15) is 29.7 Å². The Hall–Kier alpha value is -4.94. The fourth-order valence-corrected chi connectivity index (χ4v) is 7.59. The number of aryl methyl sites for hydroxylation is 1. The Balaban J connectivity index is 1.26. The standard InChI is InChI=1S/C34H35N7O4S/c1-22-12-14-39(15-13-22)16-17-45-26-10-8-24-18-32(41(31(24)20-26)46(43,44)27-6-4-3-5-7-27)33(42)28-21-36-40(34(28)35)25-9-11-29-30(19-25)38-23(2)37-29/h3-11,18-22H,12-17,35H2,1-2H3,(H,37,38). The summed E-state index contributed by atoms with van der Waals surface area (Å²) in [6, 6.07) is 20.4. The van der Waals surface area contributed by atoms with Crippen molar-refractivity contribution >= 4 is 43.6 Å². The van der Waals surface area contributed by atoms with E-state index in [0.29, 0.717) is 28.9 Å². The van der Waals surface area contributed by atoms with Crippen LogP contribution in [0, 0.1) is 12.8 Å². The minimum absolute atomic E-state index is 0.0527. The van der Waals surface area contributed by atoms with E-state index in [1.807, 2.05) is 25.1 Å². The van der Waals surface area contributed by atoms with E-state index in [4.69, 9.17) is 10.5 Å². The molecule has 46 heavy (non-hydrogen) atoms. The van der Waals surface area contributed by atoms with Gasteiger partial charge in [0.15, 0.2) is 0 Å². The SMILES string of the molecule is Cc1nc2cc(-n3ncc(C(=O)c4cc5ccc(OCCN6CCC(C)CC6)cc5n4S(=O)(=O)c4ccccc4)c3N)ccc2[nH]1. The van der Waals surface area contributed by atoms with Crippen molar-refractivity contribution in [2.24, 2.45) is 5.92 Å². The summed E-state index contributed by atoms with van der Waals surface area (Å²) in [6.45, 7) is 7.50. The summed E-state index contributed by atoms with van der Waals surface area (Å²) in [5, 5.41) is 4.97. The number of benzene rings is 3. The van der Waals surface area contributed by atoms with Crippen molar-refractivity contribution in [3.63, 3.8) is 0 Å². The molecular weight excluding hydrogens is 602 g/mol. The van der Waals surface area contributed by atoms with Gasteiger partial charge in [0.2, 0.25) is 5.78 Å². The van der Waals surface area contributed by atoms with Crippen molar-refractivity contribution in [2.45, 2.75) is 31.6 Å². The predicted octanol–water partition coefficient (Wildman–Crippen LogP) is 5.17. The maximum atomic E-state index is 14.2. The van der Waals surface area contributed by atoms with Crippen molar-refractivity contribution in [2.75, 3.05) is 32.0 Å². The Bertz CT molecular complexity index is 2180. The zero-order valence-corrected chi connectivity index (χ0v) is 26.5. The Labute approximate surface area is 266 Å². The maximum Gasteiger partial charge on any atom is 0.268 e. The highest BCUT2D eigenvalue weighted by molar-refractivity contribution is 7.90. The number of likely N-dealkylation sites (tertiary alicyclic amines) is 1. The van der Waals surface area contributed by atoms with Crippen molar-refractivity contribution < 1.29 is 17.9 Å². The number of H-pyrrole nitrogens is 1. The van der Waals surface area contributed by atoms with E-state index in [0.717, 1.165) is 46.4 Å². The maximum absolute atomic E-state index is 14.2. The lowest BCUT2D eigenvalue weighted by Crippen LogP contribution is -2.35. The normalized spacial score (nSPS) is 14.7. The van der Waals surface area contributed by atoms with E-state index in [1.165, 1.54) is 35.9 Å². The molecule has 3 aromatic heterocycles. The molecule has 0 atom stereocenters. The second-order valence-electron chi connectivity index (χ2n) is 11.9. The minimum atomic E-state index is -4.19. The molecule has 0 aliphatic carbocycles. The molecule has 0 amide bonds. The molecule has 1 saturated heterocycles. The van der Waals surface area contributed by atoms with E-state index >= 15 is 0 Å². The van der Waals surface area contributed by atoms with Gasteiger partial charge in [0.25, 0.3) is 10.0 Å². The van der Waals surface area contributed by atoms with Crippen LogP contribution in [-0.4, -0.2) is 69.1 Å². The number of piperidine rings is 1. The number of nitrogen functional groups attached to an aromatic ring is 1. The van der Waals surface area contributed by atoms with Gasteiger partial charge in [-0.1, -0.05) is 25.1 Å². The third kappa shape index (κ3) is 5.43. The molecule has 4 heterocycles. The average Bonchev–Trinajstić information content (AvgIpc) is 3.75. The molecule has 6 aromatic rings. The van der Waals surface area contributed by atoms with Gasteiger partial charge in [-0.2, -0.15) is 5.10 Å². The quantitative estimate of drug-likeness (QED) is 0.207. The van der Waals surface area contributed by atoms with Gasteiger partial charge in [-0.3, -0.25) is 9.69 Å². The molecule has 7 rings (SSSR count). The smallest absolute Gasteiger partial charge is 0.268 e. The Kier molecular flexibility index (Phi) is 7.61. The number of ether oxygens (including phenoxy) is 1. The molecule has 0 spiro atoms. The summed E-state index contributed by atoms with van der Waals surface area (Å²) in [6.07, 6.45) is 3.72. The number of fused-ring (bicyclic) bond motifs is 2. The summed E-state index contributed by atoms with van der Waals surface area (Å²) in [5.41, 5.74) is 9.08. The zero-order chi connectivity index (χ0) is 32.0. The van der Waals surface area contributed by atoms with Gasteiger partial charge in [-0.05, 0) is 87.3 Å². The predicted molar refractivity (Wildman–Crippen MR) is 177 cm³/mol. The van der Waals surface area contributed by atoms with Crippen LogP contribution in [0.3, 0.4) is 0 Å². The van der Waals surface area contributed by atoms with Gasteiger partial charge in [0, 0.05) is 18.0 Å². The number of nitrogens with zero attached hydrogens (tertiary/aromatic N) is 5. The van der Waals surface area contributed by atoms with Crippen molar-refractivity contribution in [1.82, 2.24) is 28.6 Å². The average molecular weight is 638 g/mol. The molecule has 0 saturated carbocycles. The van der Waals surface area contributed by atoms with Crippen LogP contribution in [0.15, 0.2) is 83.9 Å². The summed E-state index contributed by atoms with van der Waals surface area (Å²) in [7, 11) is -4.19. The molecule has 11 nitrogen and oxygen atoms in total. The van der Waals surface area contributed by atoms with E-state index in [1.54, 1.807) is 42.5 Å². The third-order valence-corrected chi connectivity index (χ3v) is 10.4. The van der Waals surface area contributed by atoms with Crippen LogP contribution in [0.4, 0.5) is 5.82 Å². The van der Waals surface area contributed by atoms with Crippen LogP contribution in [-0.2, 0) is 10.0 Å². The first-order valence-corrected chi connectivity index (χ1v) is 16.8. The van der Waals surface area contributed by atoms with Crippen LogP contribution in [0.1, 0.15) is 41.6 Å². The van der Waals surface area contributed by atoms with Gasteiger partial charge in [0.05, 0.1) is 38.9 Å². The van der Waals surface area contributed by atoms with Crippen molar-refractivity contribution in [3.05, 3.63) is 96.1 Å². The molecule has 236 valence electrons. The van der Waals surface area contributed by atoms with Gasteiger partial charge in [-0.25, -0.2) is 22.1 Å². The molecule has 1 fully saturated rings. The largest absolute Gasteiger partial charge is 0.492 e. The third-order valence-electron chi connectivity index (χ3n) is 8.68. The number of carbonyl (C=O) groups excluding carboxylic acids is 1. The Morgan fingerprint density at radius 1 is 1.04 bits per heavy atom. The molecule has 3 N–H and O–H groups in total. The summed E-state index contributed by atoms with van der Waals surface area (Å²) >= 11 is 0. The molecule has 0 bridgehead atoms. The number of aromatic amines is 1. The minimum Gasteiger partial charge on any atom is -0.492 e. The highest BCUT2D eigenvalue weighted by Crippen LogP contribution is 2.32. The molecular formula is C34H35N7O4S. The van der Waals surface area contributed by atoms with Gasteiger partial charge < -0.3 is 15.5 Å². The first-order chi connectivity index (χ1) is 22.2. The zero-order valence-electron chi connectivity index (χ0n) is 25.7. The van der Waals surface area contributed by atoms with E-state index in [9.17, 15) is 13.2 Å². The molecule has 12 heteroatoms. The molecule has 3 aromatic carbocycles. The number of ketones is 1. The number of anilines is 1. The number of aromatic nitrogens is 5. The van der Waals surface area contributed by atoms with Crippen molar-refractivity contribution in [1.29, 1.82) is 0 Å². The first-order valence-electron chi connectivity index (χ1n) is 15.4. The summed E-state index contributed by atoms with van der Waals surface area (Å²) in [5.74, 6) is 1.56. The number of hydrogen-bond acceptors (Lipinski definition) is 8. The first kappa shape index (κ1) is 29.8. The number of nitrogens with one attached hydrogen (secondary N) is 1. The fourth-order valence-electron chi connectivity index (χ4n) is 6.07. The summed E-state index contributed by atoms with van der Waals surface area (Å²) in [4.78, 5) is 24.3. The van der Waals surface area contributed by atoms with Crippen LogP contribution in [0.5, 0.6) is 5.75 Å². The highest BCUT2D eigenvalue weighted by Gasteiger charge is 2.29. The van der Waals surface area contributed by atoms with Crippen LogP contribution < -0.4 is 10.5 Å². The van der Waals surface area contributed by atoms with E-state index in [2.05, 4.69) is 26.9 Å². The number of imidazole rings is 1. The van der Waals surface area contributed by atoms with E-state index < -0.39 is 15.8 Å². The van der Waals surface area contributed by atoms with Gasteiger partial charge in [-0.15, -0.1) is 0 Å². The summed E-state index contributed by atoms with van der Waals surface area (Å²) < 4.78 is 37.0. The Morgan fingerprint density at radius 3 is 2.61 bits per heavy atom. The number of nitrogens with two attached hydrogens (primary N) is 1. The van der Waals surface area contributed by atoms with Crippen LogP contribution in [0.25, 0.3) is 27.6 Å². The van der Waals surface area contributed by atoms with Crippen molar-refractivity contribution in [3.8, 4) is 11.4 Å². The molecule has 1 aliphatic heterocycles. The topological polar surface area (TPSA) is 141 Å².